The van der Waals surface area contributed by atoms with Crippen LogP contribution in [0.15, 0.2) is 48.5 Å². The van der Waals surface area contributed by atoms with Gasteiger partial charge in [0.2, 0.25) is 0 Å². The Kier molecular flexibility index (Phi) is 4.55. The third kappa shape index (κ3) is 3.47. The van der Waals surface area contributed by atoms with Crippen molar-refractivity contribution in [2.24, 2.45) is 0 Å². The molecule has 2 aromatic rings. The Labute approximate surface area is 115 Å². The molecule has 0 aliphatic heterocycles. The minimum absolute atomic E-state index is 0.0170. The van der Waals surface area contributed by atoms with Gasteiger partial charge in [-0.15, -0.1) is 0 Å². The van der Waals surface area contributed by atoms with E-state index in [4.69, 9.17) is 9.84 Å². The smallest absolute Gasteiger partial charge is 0.337 e. The predicted molar refractivity (Wildman–Crippen MR) is 73.8 cm³/mol. The first-order valence-electron chi connectivity index (χ1n) is 6.12. The first-order valence-corrected chi connectivity index (χ1v) is 6.12. The molecule has 0 radical (unpaired) electrons. The molecule has 0 spiro atoms. The summed E-state index contributed by atoms with van der Waals surface area (Å²) < 4.78 is 19.0. The largest absolute Gasteiger partial charge is 0.492 e. The Morgan fingerprint density at radius 2 is 1.90 bits per heavy atom. The highest BCUT2D eigenvalue weighted by Gasteiger charge is 2.13. The van der Waals surface area contributed by atoms with Crippen LogP contribution in [-0.4, -0.2) is 24.2 Å². The Balaban J connectivity index is 1.93. The number of hydrogen-bond donors (Lipinski definition) is 2. The van der Waals surface area contributed by atoms with Crippen LogP contribution in [-0.2, 0) is 0 Å². The average Bonchev–Trinajstić information content (AvgIpc) is 2.45. The van der Waals surface area contributed by atoms with Gasteiger partial charge in [-0.1, -0.05) is 24.3 Å². The fraction of sp³-hybridized carbons (Fsp3) is 0.133. The number of hydrogen-bond acceptors (Lipinski definition) is 3. The number of ether oxygens (including phenoxy) is 1. The Hall–Kier alpha value is -2.56. The van der Waals surface area contributed by atoms with Crippen molar-refractivity contribution >= 4 is 11.7 Å². The molecule has 5 heteroatoms. The van der Waals surface area contributed by atoms with Gasteiger partial charge < -0.3 is 15.2 Å². The van der Waals surface area contributed by atoms with Crippen molar-refractivity contribution < 1.29 is 19.0 Å². The number of rotatable bonds is 6. The lowest BCUT2D eigenvalue weighted by Crippen LogP contribution is -2.15. The van der Waals surface area contributed by atoms with Crippen LogP contribution < -0.4 is 10.1 Å². The van der Waals surface area contributed by atoms with Crippen LogP contribution in [0.25, 0.3) is 0 Å². The third-order valence-electron chi connectivity index (χ3n) is 2.66. The summed E-state index contributed by atoms with van der Waals surface area (Å²) in [6.07, 6.45) is 0. The fourth-order valence-corrected chi connectivity index (χ4v) is 1.74. The van der Waals surface area contributed by atoms with Crippen molar-refractivity contribution in [3.63, 3.8) is 0 Å². The van der Waals surface area contributed by atoms with Gasteiger partial charge in [0.15, 0.2) is 0 Å². The van der Waals surface area contributed by atoms with Crippen LogP contribution >= 0.6 is 0 Å². The van der Waals surface area contributed by atoms with Crippen molar-refractivity contribution in [3.05, 3.63) is 59.9 Å². The molecular weight excluding hydrogens is 261 g/mol. The van der Waals surface area contributed by atoms with Gasteiger partial charge in [-0.2, -0.15) is 0 Å². The first-order chi connectivity index (χ1) is 9.68. The summed E-state index contributed by atoms with van der Waals surface area (Å²) in [6.45, 7) is 0.605. The number of carbonyl (C=O) groups is 1. The molecule has 0 bridgehead atoms. The van der Waals surface area contributed by atoms with Gasteiger partial charge in [-0.05, 0) is 24.3 Å². The van der Waals surface area contributed by atoms with Gasteiger partial charge in [0.25, 0.3) is 0 Å². The molecular formula is C15H14FNO3. The number of carboxylic acids is 1. The fourth-order valence-electron chi connectivity index (χ4n) is 1.74. The number of aromatic carboxylic acids is 1. The molecule has 20 heavy (non-hydrogen) atoms. The van der Waals surface area contributed by atoms with Gasteiger partial charge in [0, 0.05) is 6.54 Å². The second kappa shape index (κ2) is 6.56. The Morgan fingerprint density at radius 3 is 2.60 bits per heavy atom. The van der Waals surface area contributed by atoms with E-state index in [-0.39, 0.29) is 11.3 Å². The SMILES string of the molecule is O=C(O)c1cccc(F)c1NCCOc1ccccc1. The summed E-state index contributed by atoms with van der Waals surface area (Å²) >= 11 is 0. The van der Waals surface area contributed by atoms with E-state index >= 15 is 0 Å². The number of carboxylic acid groups (broad SMARTS) is 1. The molecule has 0 aliphatic carbocycles. The van der Waals surface area contributed by atoms with Crippen LogP contribution in [0.5, 0.6) is 5.75 Å². The van der Waals surface area contributed by atoms with E-state index in [0.717, 1.165) is 0 Å². The van der Waals surface area contributed by atoms with Crippen molar-refractivity contribution in [3.8, 4) is 5.75 Å². The van der Waals surface area contributed by atoms with Crippen LogP contribution in [0, 0.1) is 5.82 Å². The summed E-state index contributed by atoms with van der Waals surface area (Å²) in [7, 11) is 0. The quantitative estimate of drug-likeness (QED) is 0.796. The summed E-state index contributed by atoms with van der Waals surface area (Å²) in [6, 6.07) is 13.1. The Morgan fingerprint density at radius 1 is 1.15 bits per heavy atom. The molecule has 4 nitrogen and oxygen atoms in total. The monoisotopic (exact) mass is 275 g/mol. The highest BCUT2D eigenvalue weighted by atomic mass is 19.1. The van der Waals surface area contributed by atoms with Gasteiger partial charge >= 0.3 is 5.97 Å². The van der Waals surface area contributed by atoms with Crippen molar-refractivity contribution in [2.75, 3.05) is 18.5 Å². The average molecular weight is 275 g/mol. The molecule has 2 N–H and O–H groups in total. The molecule has 2 aromatic carbocycles. The van der Waals surface area contributed by atoms with Crippen molar-refractivity contribution in [1.82, 2.24) is 0 Å². The number of para-hydroxylation sites is 2. The summed E-state index contributed by atoms with van der Waals surface area (Å²) in [5, 5.41) is 11.7. The standard InChI is InChI=1S/C15H14FNO3/c16-13-8-4-7-12(15(18)19)14(13)17-9-10-20-11-5-2-1-3-6-11/h1-8,17H,9-10H2,(H,18,19). The van der Waals surface area contributed by atoms with Crippen molar-refractivity contribution in [2.45, 2.75) is 0 Å². The zero-order valence-corrected chi connectivity index (χ0v) is 10.7. The van der Waals surface area contributed by atoms with Crippen LogP contribution in [0.4, 0.5) is 10.1 Å². The molecule has 0 saturated carbocycles. The third-order valence-corrected chi connectivity index (χ3v) is 2.66. The second-order valence-electron chi connectivity index (χ2n) is 4.06. The molecule has 0 heterocycles. The maximum atomic E-state index is 13.6. The molecule has 0 atom stereocenters. The summed E-state index contributed by atoms with van der Waals surface area (Å²) in [4.78, 5) is 11.0. The molecule has 0 aliphatic rings. The minimum atomic E-state index is -1.17. The molecule has 0 amide bonds. The van der Waals surface area contributed by atoms with E-state index in [2.05, 4.69) is 5.32 Å². The molecule has 0 unspecified atom stereocenters. The van der Waals surface area contributed by atoms with Gasteiger partial charge in [-0.3, -0.25) is 0 Å². The second-order valence-corrected chi connectivity index (χ2v) is 4.06. The predicted octanol–water partition coefficient (Wildman–Crippen LogP) is 3.01. The molecule has 0 saturated heterocycles. The lowest BCUT2D eigenvalue weighted by atomic mass is 10.1. The van der Waals surface area contributed by atoms with Gasteiger partial charge in [0.05, 0.1) is 11.3 Å². The normalized spacial score (nSPS) is 10.1. The minimum Gasteiger partial charge on any atom is -0.492 e. The molecule has 2 rings (SSSR count). The summed E-state index contributed by atoms with van der Waals surface area (Å²) in [5.74, 6) is -1.05. The molecule has 0 fully saturated rings. The highest BCUT2D eigenvalue weighted by molar-refractivity contribution is 5.94. The Bertz CT molecular complexity index is 587. The van der Waals surface area contributed by atoms with Crippen molar-refractivity contribution in [1.29, 1.82) is 0 Å². The summed E-state index contributed by atoms with van der Waals surface area (Å²) in [5.41, 5.74) is -0.110. The molecule has 0 aromatic heterocycles. The maximum absolute atomic E-state index is 13.6. The number of anilines is 1. The van der Waals surface area contributed by atoms with Crippen LogP contribution in [0.3, 0.4) is 0 Å². The topological polar surface area (TPSA) is 58.6 Å². The highest BCUT2D eigenvalue weighted by Crippen LogP contribution is 2.19. The molecule has 104 valence electrons. The lowest BCUT2D eigenvalue weighted by Gasteiger charge is -2.11. The zero-order chi connectivity index (χ0) is 14.4. The van der Waals surface area contributed by atoms with E-state index in [1.54, 1.807) is 0 Å². The zero-order valence-electron chi connectivity index (χ0n) is 10.7. The number of benzene rings is 2. The van der Waals surface area contributed by atoms with Crippen LogP contribution in [0.1, 0.15) is 10.4 Å². The van der Waals surface area contributed by atoms with E-state index < -0.39 is 11.8 Å². The van der Waals surface area contributed by atoms with E-state index in [1.165, 1.54) is 18.2 Å². The first kappa shape index (κ1) is 13.9. The van der Waals surface area contributed by atoms with Gasteiger partial charge in [-0.25, -0.2) is 9.18 Å². The lowest BCUT2D eigenvalue weighted by molar-refractivity contribution is 0.0697. The van der Waals surface area contributed by atoms with E-state index in [0.29, 0.717) is 18.9 Å². The number of halogens is 1. The van der Waals surface area contributed by atoms with E-state index in [1.807, 2.05) is 30.3 Å². The number of nitrogens with one attached hydrogen (secondary N) is 1. The maximum Gasteiger partial charge on any atom is 0.337 e. The van der Waals surface area contributed by atoms with E-state index in [9.17, 15) is 9.18 Å². The van der Waals surface area contributed by atoms with Crippen LogP contribution in [0.2, 0.25) is 0 Å². The van der Waals surface area contributed by atoms with Gasteiger partial charge in [0.1, 0.15) is 18.2 Å².